The Kier molecular flexibility index (Phi) is 7.43. The van der Waals surface area contributed by atoms with E-state index in [1.54, 1.807) is 6.21 Å². The van der Waals surface area contributed by atoms with E-state index < -0.39 is 0 Å². The average molecular weight is 451 g/mol. The van der Waals surface area contributed by atoms with Crippen molar-refractivity contribution < 1.29 is 0 Å². The number of anilines is 6. The Morgan fingerprint density at radius 3 is 1.74 bits per heavy atom. The molecule has 3 aromatic carbocycles. The van der Waals surface area contributed by atoms with Gasteiger partial charge in [-0.05, 0) is 48.0 Å². The minimum Gasteiger partial charge on any atom is -0.378 e. The monoisotopic (exact) mass is 450 g/mol. The van der Waals surface area contributed by atoms with Gasteiger partial charge in [0.1, 0.15) is 0 Å². The summed E-state index contributed by atoms with van der Waals surface area (Å²) in [6.45, 7) is 0. The highest BCUT2D eigenvalue weighted by molar-refractivity contribution is 5.79. The van der Waals surface area contributed by atoms with Crippen molar-refractivity contribution in [2.24, 2.45) is 5.10 Å². The third kappa shape index (κ3) is 6.64. The third-order valence-electron chi connectivity index (χ3n) is 4.72. The normalized spacial score (nSPS) is 11.0. The van der Waals surface area contributed by atoms with Gasteiger partial charge in [0.05, 0.1) is 0 Å². The second kappa shape index (κ2) is 11.2. The fourth-order valence-corrected chi connectivity index (χ4v) is 3.01. The van der Waals surface area contributed by atoms with Crippen LogP contribution < -0.4 is 21.0 Å². The van der Waals surface area contributed by atoms with Gasteiger partial charge in [-0.3, -0.25) is 0 Å². The molecule has 0 fully saturated rings. The summed E-state index contributed by atoms with van der Waals surface area (Å²) in [4.78, 5) is 15.4. The van der Waals surface area contributed by atoms with E-state index in [9.17, 15) is 0 Å². The molecule has 1 aromatic heterocycles. The van der Waals surface area contributed by atoms with Gasteiger partial charge >= 0.3 is 0 Å². The SMILES string of the molecule is CN(C)c1ccc(/C=C\C=NNc2nc(Nc3ccccc3)nc(Nc3ccccc3)n2)cc1. The van der Waals surface area contributed by atoms with E-state index in [2.05, 4.69) is 65.3 Å². The van der Waals surface area contributed by atoms with Gasteiger partial charge in [-0.1, -0.05) is 54.6 Å². The lowest BCUT2D eigenvalue weighted by Gasteiger charge is -2.11. The molecule has 0 amide bonds. The largest absolute Gasteiger partial charge is 0.378 e. The zero-order chi connectivity index (χ0) is 23.6. The highest BCUT2D eigenvalue weighted by Gasteiger charge is 2.07. The average Bonchev–Trinajstić information content (AvgIpc) is 2.85. The smallest absolute Gasteiger partial charge is 0.250 e. The molecule has 0 aliphatic rings. The Morgan fingerprint density at radius 2 is 1.21 bits per heavy atom. The van der Waals surface area contributed by atoms with Crippen LogP contribution in [0.2, 0.25) is 0 Å². The number of rotatable bonds is 9. The van der Waals surface area contributed by atoms with Gasteiger partial charge in [-0.2, -0.15) is 20.1 Å². The highest BCUT2D eigenvalue weighted by Crippen LogP contribution is 2.18. The van der Waals surface area contributed by atoms with Crippen LogP contribution in [0.4, 0.5) is 34.9 Å². The molecule has 0 saturated heterocycles. The van der Waals surface area contributed by atoms with Crippen LogP contribution in [0, 0.1) is 0 Å². The zero-order valence-corrected chi connectivity index (χ0v) is 19.1. The Morgan fingerprint density at radius 1 is 0.676 bits per heavy atom. The van der Waals surface area contributed by atoms with E-state index in [1.165, 1.54) is 0 Å². The second-order valence-electron chi connectivity index (χ2n) is 7.52. The van der Waals surface area contributed by atoms with Gasteiger partial charge in [0.25, 0.3) is 0 Å². The Labute approximate surface area is 199 Å². The maximum absolute atomic E-state index is 4.47. The number of benzene rings is 3. The summed E-state index contributed by atoms with van der Waals surface area (Å²) in [6, 6.07) is 27.7. The highest BCUT2D eigenvalue weighted by atomic mass is 15.4. The molecule has 0 unspecified atom stereocenters. The van der Waals surface area contributed by atoms with Crippen molar-refractivity contribution in [1.29, 1.82) is 0 Å². The standard InChI is InChI=1S/C26H26N8/c1-34(2)23-17-15-20(16-18-23)10-9-19-27-33-26-31-24(28-21-11-5-3-6-12-21)30-25(32-26)29-22-13-7-4-8-14-22/h3-19H,1-2H3,(H3,28,29,30,31,32,33)/b10-9-,27-19?. The summed E-state index contributed by atoms with van der Waals surface area (Å²) >= 11 is 0. The lowest BCUT2D eigenvalue weighted by atomic mass is 10.2. The molecule has 1 heterocycles. The summed E-state index contributed by atoms with van der Waals surface area (Å²) in [5, 5.41) is 10.6. The van der Waals surface area contributed by atoms with Crippen molar-refractivity contribution in [3.05, 3.63) is 96.6 Å². The summed E-state index contributed by atoms with van der Waals surface area (Å²) in [5.74, 6) is 1.11. The van der Waals surface area contributed by atoms with Crippen molar-refractivity contribution in [3.8, 4) is 0 Å². The minimum atomic E-state index is 0.312. The first-order chi connectivity index (χ1) is 16.7. The first-order valence-corrected chi connectivity index (χ1v) is 10.8. The van der Waals surface area contributed by atoms with Crippen molar-refractivity contribution in [2.45, 2.75) is 0 Å². The number of nitrogens with zero attached hydrogens (tertiary/aromatic N) is 5. The number of para-hydroxylation sites is 2. The predicted octanol–water partition coefficient (Wildman–Crippen LogP) is 5.54. The Balaban J connectivity index is 1.46. The quantitative estimate of drug-likeness (QED) is 0.228. The molecule has 0 aliphatic heterocycles. The number of aromatic nitrogens is 3. The lowest BCUT2D eigenvalue weighted by molar-refractivity contribution is 1.04. The summed E-state index contributed by atoms with van der Waals surface area (Å²) in [7, 11) is 4.04. The molecule has 3 N–H and O–H groups in total. The Hall–Kier alpha value is -4.72. The maximum atomic E-state index is 4.47. The lowest BCUT2D eigenvalue weighted by Crippen LogP contribution is -2.07. The minimum absolute atomic E-state index is 0.312. The molecule has 0 aliphatic carbocycles. The predicted molar refractivity (Wildman–Crippen MR) is 141 cm³/mol. The second-order valence-corrected chi connectivity index (χ2v) is 7.52. The molecule has 8 heteroatoms. The summed E-state index contributed by atoms with van der Waals surface area (Å²) < 4.78 is 0. The van der Waals surface area contributed by atoms with Gasteiger partial charge in [-0.25, -0.2) is 5.43 Å². The maximum Gasteiger partial charge on any atom is 0.250 e. The van der Waals surface area contributed by atoms with Gasteiger partial charge in [-0.15, -0.1) is 0 Å². The van der Waals surface area contributed by atoms with Crippen molar-refractivity contribution in [2.75, 3.05) is 35.1 Å². The molecule has 8 nitrogen and oxygen atoms in total. The number of allylic oxidation sites excluding steroid dienone is 1. The number of hydrazone groups is 1. The van der Waals surface area contributed by atoms with Crippen LogP contribution >= 0.6 is 0 Å². The van der Waals surface area contributed by atoms with Crippen LogP contribution in [0.1, 0.15) is 5.56 Å². The molecule has 0 radical (unpaired) electrons. The number of nitrogens with one attached hydrogen (secondary N) is 3. The van der Waals surface area contributed by atoms with Crippen molar-refractivity contribution >= 4 is 47.2 Å². The van der Waals surface area contributed by atoms with Crippen LogP contribution in [-0.4, -0.2) is 35.3 Å². The molecular formula is C26H26N8. The fraction of sp³-hybridized carbons (Fsp3) is 0.0769. The molecular weight excluding hydrogens is 424 g/mol. The van der Waals surface area contributed by atoms with Crippen LogP contribution in [0.3, 0.4) is 0 Å². The van der Waals surface area contributed by atoms with Crippen LogP contribution in [0.15, 0.2) is 96.1 Å². The van der Waals surface area contributed by atoms with E-state index in [-0.39, 0.29) is 0 Å². The number of hydrogen-bond donors (Lipinski definition) is 3. The molecule has 4 rings (SSSR count). The Bertz CT molecular complexity index is 1180. The van der Waals surface area contributed by atoms with Crippen LogP contribution in [0.25, 0.3) is 6.08 Å². The van der Waals surface area contributed by atoms with E-state index in [1.807, 2.05) is 86.9 Å². The van der Waals surface area contributed by atoms with Crippen molar-refractivity contribution in [3.63, 3.8) is 0 Å². The van der Waals surface area contributed by atoms with Crippen molar-refractivity contribution in [1.82, 2.24) is 15.0 Å². The van der Waals surface area contributed by atoms with Crippen LogP contribution in [-0.2, 0) is 0 Å². The molecule has 170 valence electrons. The van der Waals surface area contributed by atoms with E-state index in [0.717, 1.165) is 22.6 Å². The van der Waals surface area contributed by atoms with Gasteiger partial charge in [0.2, 0.25) is 17.8 Å². The van der Waals surface area contributed by atoms with Crippen LogP contribution in [0.5, 0.6) is 0 Å². The summed E-state index contributed by atoms with van der Waals surface area (Å²) in [5.41, 5.74) is 6.86. The molecule has 0 saturated carbocycles. The summed E-state index contributed by atoms with van der Waals surface area (Å²) in [6.07, 6.45) is 5.48. The van der Waals surface area contributed by atoms with Gasteiger partial charge in [0, 0.05) is 37.4 Å². The molecule has 0 spiro atoms. The third-order valence-corrected chi connectivity index (χ3v) is 4.72. The number of hydrogen-bond acceptors (Lipinski definition) is 8. The fourth-order valence-electron chi connectivity index (χ4n) is 3.01. The molecule has 0 atom stereocenters. The first-order valence-electron chi connectivity index (χ1n) is 10.8. The molecule has 34 heavy (non-hydrogen) atoms. The zero-order valence-electron chi connectivity index (χ0n) is 19.1. The van der Waals surface area contributed by atoms with Gasteiger partial charge in [0.15, 0.2) is 0 Å². The van der Waals surface area contributed by atoms with E-state index in [4.69, 9.17) is 0 Å². The first kappa shape index (κ1) is 22.5. The van der Waals surface area contributed by atoms with Gasteiger partial charge < -0.3 is 15.5 Å². The molecule has 0 bridgehead atoms. The van der Waals surface area contributed by atoms with E-state index in [0.29, 0.717) is 17.8 Å². The van der Waals surface area contributed by atoms with E-state index >= 15 is 0 Å². The topological polar surface area (TPSA) is 90.4 Å². The molecule has 4 aromatic rings.